The number of aromatic nitrogens is 1. The number of allylic oxidation sites excluding steroid dienone is 1. The van der Waals surface area contributed by atoms with Crippen LogP contribution in [-0.2, 0) is 14.3 Å². The van der Waals surface area contributed by atoms with Crippen LogP contribution in [0.2, 0.25) is 0 Å². The van der Waals surface area contributed by atoms with Crippen molar-refractivity contribution in [1.82, 2.24) is 4.57 Å². The fraction of sp³-hybridized carbons (Fsp3) is 0.250. The first-order valence-corrected chi connectivity index (χ1v) is 12.9. The molecule has 2 aromatic carbocycles. The average molecular weight is 531 g/mol. The summed E-state index contributed by atoms with van der Waals surface area (Å²) in [5.41, 5.74) is 2.31. The highest BCUT2D eigenvalue weighted by molar-refractivity contribution is 7.07. The maximum atomic E-state index is 13.8. The summed E-state index contributed by atoms with van der Waals surface area (Å²) in [7, 11) is 1.55. The Bertz CT molecular complexity index is 1670. The Labute approximate surface area is 222 Å². The number of anilines is 1. The van der Waals surface area contributed by atoms with Gasteiger partial charge in [-0.15, -0.1) is 0 Å². The zero-order valence-corrected chi connectivity index (χ0v) is 22.2. The van der Waals surface area contributed by atoms with Crippen molar-refractivity contribution in [2.45, 2.75) is 26.8 Å². The van der Waals surface area contributed by atoms with Crippen LogP contribution in [0.15, 0.2) is 80.8 Å². The van der Waals surface area contributed by atoms with Crippen LogP contribution in [0.4, 0.5) is 5.69 Å². The highest BCUT2D eigenvalue weighted by Gasteiger charge is 2.35. The van der Waals surface area contributed by atoms with Crippen LogP contribution >= 0.6 is 11.3 Å². The van der Waals surface area contributed by atoms with Crippen molar-refractivity contribution < 1.29 is 19.1 Å². The third-order valence-corrected chi connectivity index (χ3v) is 7.43. The van der Waals surface area contributed by atoms with Crippen molar-refractivity contribution in [1.29, 1.82) is 0 Å². The van der Waals surface area contributed by atoms with E-state index in [1.54, 1.807) is 64.3 Å². The van der Waals surface area contributed by atoms with E-state index in [0.717, 1.165) is 0 Å². The van der Waals surface area contributed by atoms with E-state index < -0.39 is 17.9 Å². The van der Waals surface area contributed by atoms with Crippen LogP contribution in [0.3, 0.4) is 0 Å². The maximum Gasteiger partial charge on any atom is 0.338 e. The summed E-state index contributed by atoms with van der Waals surface area (Å²) in [6, 6.07) is 15.6. The topological polar surface area (TPSA) is 103 Å². The predicted molar refractivity (Wildman–Crippen MR) is 145 cm³/mol. The molecular weight excluding hydrogens is 504 g/mol. The molecule has 0 aliphatic carbocycles. The lowest BCUT2D eigenvalue weighted by molar-refractivity contribution is -0.139. The summed E-state index contributed by atoms with van der Waals surface area (Å²) in [4.78, 5) is 45.2. The number of methoxy groups -OCH3 is 1. The largest absolute Gasteiger partial charge is 0.497 e. The van der Waals surface area contributed by atoms with E-state index in [9.17, 15) is 14.4 Å². The summed E-state index contributed by atoms with van der Waals surface area (Å²) >= 11 is 1.17. The summed E-state index contributed by atoms with van der Waals surface area (Å²) in [6.07, 6.45) is 1.64. The molecule has 2 aliphatic heterocycles. The molecule has 1 amide bonds. The van der Waals surface area contributed by atoms with E-state index in [4.69, 9.17) is 9.47 Å². The standard InChI is InChI=1S/C28H26N4O5S/c1-5-37-27(35)23-17(3)29-28-31(24(23)18-10-9-13-20(14-18)36-4)26(34)22(38-28)15-21-16(2)30-32(25(21)33)19-11-7-6-8-12-19/h6-15,21,24H,5H2,1-4H3/b22-15+/t21-,24-/m1/s1. The first-order valence-electron chi connectivity index (χ1n) is 12.1. The highest BCUT2D eigenvalue weighted by Crippen LogP contribution is 2.32. The van der Waals surface area contributed by atoms with Crippen molar-refractivity contribution >= 4 is 40.7 Å². The van der Waals surface area contributed by atoms with Gasteiger partial charge in [-0.2, -0.15) is 10.1 Å². The first-order chi connectivity index (χ1) is 18.3. The number of fused-ring (bicyclic) bond motifs is 1. The molecule has 38 heavy (non-hydrogen) atoms. The molecule has 9 nitrogen and oxygen atoms in total. The van der Waals surface area contributed by atoms with E-state index in [2.05, 4.69) is 10.1 Å². The van der Waals surface area contributed by atoms with Crippen LogP contribution in [0.25, 0.3) is 6.08 Å². The second-order valence-electron chi connectivity index (χ2n) is 8.81. The predicted octanol–water partition coefficient (Wildman–Crippen LogP) is 2.80. The van der Waals surface area contributed by atoms with Gasteiger partial charge in [0.25, 0.3) is 11.5 Å². The molecule has 2 aliphatic rings. The number of amides is 1. The van der Waals surface area contributed by atoms with Crippen molar-refractivity contribution in [3.05, 3.63) is 91.1 Å². The number of hydrazone groups is 1. The van der Waals surface area contributed by atoms with Crippen LogP contribution in [0.5, 0.6) is 5.75 Å². The average Bonchev–Trinajstić information content (AvgIpc) is 3.38. The SMILES string of the molecule is CCOC(=O)C1=C(C)N=c2s/c(=C/[C@H]3C(=O)N(c4ccccc4)N=C3C)c(=O)n2[C@@H]1c1cccc(OC)c1. The number of para-hydroxylation sites is 1. The van der Waals surface area contributed by atoms with E-state index in [0.29, 0.717) is 37.7 Å². The van der Waals surface area contributed by atoms with Gasteiger partial charge in [0.1, 0.15) is 11.7 Å². The lowest BCUT2D eigenvalue weighted by Gasteiger charge is -2.25. The number of carbonyl (C=O) groups excluding carboxylic acids is 2. The molecule has 0 radical (unpaired) electrons. The third-order valence-electron chi connectivity index (χ3n) is 6.43. The van der Waals surface area contributed by atoms with Gasteiger partial charge in [-0.1, -0.05) is 41.7 Å². The monoisotopic (exact) mass is 530 g/mol. The van der Waals surface area contributed by atoms with Crippen molar-refractivity contribution in [2.24, 2.45) is 16.0 Å². The van der Waals surface area contributed by atoms with Gasteiger partial charge >= 0.3 is 5.97 Å². The first kappa shape index (κ1) is 25.3. The smallest absolute Gasteiger partial charge is 0.338 e. The van der Waals surface area contributed by atoms with Crippen LogP contribution in [0.1, 0.15) is 32.4 Å². The third kappa shape index (κ3) is 4.37. The van der Waals surface area contributed by atoms with Crippen molar-refractivity contribution in [3.8, 4) is 5.75 Å². The molecule has 3 heterocycles. The van der Waals surface area contributed by atoms with E-state index in [1.165, 1.54) is 20.9 Å². The second-order valence-corrected chi connectivity index (χ2v) is 9.81. The Hall–Kier alpha value is -4.31. The van der Waals surface area contributed by atoms with Gasteiger partial charge in [-0.25, -0.2) is 9.79 Å². The number of esters is 1. The highest BCUT2D eigenvalue weighted by atomic mass is 32.1. The zero-order valence-electron chi connectivity index (χ0n) is 21.4. The van der Waals surface area contributed by atoms with Gasteiger partial charge < -0.3 is 9.47 Å². The number of hydrogen-bond acceptors (Lipinski definition) is 8. The van der Waals surface area contributed by atoms with Crippen LogP contribution in [-0.4, -0.2) is 35.9 Å². The van der Waals surface area contributed by atoms with E-state index >= 15 is 0 Å². The molecule has 10 heteroatoms. The number of hydrogen-bond donors (Lipinski definition) is 0. The Morgan fingerprint density at radius 3 is 2.58 bits per heavy atom. The fourth-order valence-electron chi connectivity index (χ4n) is 4.61. The summed E-state index contributed by atoms with van der Waals surface area (Å²) in [5.74, 6) is -0.889. The maximum absolute atomic E-state index is 13.8. The number of ether oxygens (including phenoxy) is 2. The molecule has 3 aromatic rings. The Kier molecular flexibility index (Phi) is 6.81. The molecule has 5 rings (SSSR count). The van der Waals surface area contributed by atoms with Gasteiger partial charge in [-0.3, -0.25) is 14.2 Å². The molecule has 2 atom stereocenters. The number of benzene rings is 2. The van der Waals surface area contributed by atoms with Crippen molar-refractivity contribution in [2.75, 3.05) is 18.7 Å². The fourth-order valence-corrected chi connectivity index (χ4v) is 5.67. The van der Waals surface area contributed by atoms with Gasteiger partial charge in [0.2, 0.25) is 0 Å². The van der Waals surface area contributed by atoms with Gasteiger partial charge in [0.05, 0.1) is 47.0 Å². The normalized spacial score (nSPS) is 19.3. The molecule has 0 N–H and O–H groups in total. The summed E-state index contributed by atoms with van der Waals surface area (Å²) in [5, 5.41) is 5.79. The molecule has 1 aromatic heterocycles. The molecule has 0 spiro atoms. The quantitative estimate of drug-likeness (QED) is 0.456. The molecule has 0 unspecified atom stereocenters. The molecule has 0 bridgehead atoms. The Morgan fingerprint density at radius 1 is 1.11 bits per heavy atom. The van der Waals surface area contributed by atoms with Crippen molar-refractivity contribution in [3.63, 3.8) is 0 Å². The zero-order chi connectivity index (χ0) is 27.0. The number of nitrogens with zero attached hydrogens (tertiary/aromatic N) is 4. The molecule has 0 fully saturated rings. The molecule has 194 valence electrons. The van der Waals surface area contributed by atoms with E-state index in [1.807, 2.05) is 24.3 Å². The van der Waals surface area contributed by atoms with E-state index in [-0.39, 0.29) is 23.6 Å². The summed E-state index contributed by atoms with van der Waals surface area (Å²) in [6.45, 7) is 5.41. The Morgan fingerprint density at radius 2 is 1.87 bits per heavy atom. The van der Waals surface area contributed by atoms with Crippen LogP contribution < -0.4 is 24.6 Å². The molecule has 0 saturated carbocycles. The minimum absolute atomic E-state index is 0.186. The number of rotatable bonds is 6. The molecule has 0 saturated heterocycles. The lowest BCUT2D eigenvalue weighted by Crippen LogP contribution is -2.40. The van der Waals surface area contributed by atoms with Gasteiger partial charge in [0, 0.05) is 0 Å². The second kappa shape index (κ2) is 10.2. The van der Waals surface area contributed by atoms with Gasteiger partial charge in [-0.05, 0) is 56.7 Å². The summed E-state index contributed by atoms with van der Waals surface area (Å²) < 4.78 is 12.6. The number of carbonyl (C=O) groups is 2. The Balaban J connectivity index is 1.64. The van der Waals surface area contributed by atoms with Gasteiger partial charge in [0.15, 0.2) is 4.80 Å². The minimum Gasteiger partial charge on any atom is -0.497 e. The minimum atomic E-state index is -0.766. The lowest BCUT2D eigenvalue weighted by atomic mass is 9.95. The number of thiazole rings is 1. The van der Waals surface area contributed by atoms with Crippen LogP contribution in [0, 0.1) is 5.92 Å². The molecular formula is C28H26N4O5S.